The second-order valence-corrected chi connectivity index (χ2v) is 7.97. The van der Waals surface area contributed by atoms with Crippen LogP contribution in [0.15, 0.2) is 12.1 Å². The summed E-state index contributed by atoms with van der Waals surface area (Å²) in [5, 5.41) is 10.7. The van der Waals surface area contributed by atoms with Crippen LogP contribution < -0.4 is 4.74 Å². The van der Waals surface area contributed by atoms with Crippen LogP contribution in [0.25, 0.3) is 0 Å². The van der Waals surface area contributed by atoms with Gasteiger partial charge in [-0.2, -0.15) is 0 Å². The van der Waals surface area contributed by atoms with Crippen molar-refractivity contribution in [3.05, 3.63) is 23.3 Å². The molecule has 2 aliphatic rings. The molecule has 1 saturated carbocycles. The van der Waals surface area contributed by atoms with Gasteiger partial charge in [0, 0.05) is 11.5 Å². The van der Waals surface area contributed by atoms with Gasteiger partial charge in [-0.15, -0.1) is 0 Å². The van der Waals surface area contributed by atoms with Gasteiger partial charge in [-0.3, -0.25) is 0 Å². The number of fused-ring (bicyclic) bond motifs is 3. The largest absolute Gasteiger partial charge is 0.508 e. The number of unbranched alkanes of at least 4 members (excludes halogenated alkanes) is 1. The maximum absolute atomic E-state index is 10.7. The van der Waals surface area contributed by atoms with Crippen molar-refractivity contribution in [3.63, 3.8) is 0 Å². The van der Waals surface area contributed by atoms with E-state index in [0.717, 1.165) is 30.1 Å². The quantitative estimate of drug-likeness (QED) is 0.807. The van der Waals surface area contributed by atoms with Crippen LogP contribution in [0, 0.1) is 11.8 Å². The summed E-state index contributed by atoms with van der Waals surface area (Å²) >= 11 is 0. The molecule has 0 spiro atoms. The molecule has 1 aliphatic heterocycles. The Morgan fingerprint density at radius 2 is 2.05 bits per heavy atom. The zero-order chi connectivity index (χ0) is 15.9. The molecule has 122 valence electrons. The van der Waals surface area contributed by atoms with Gasteiger partial charge < -0.3 is 9.84 Å². The molecule has 1 fully saturated rings. The number of aromatic hydroxyl groups is 1. The van der Waals surface area contributed by atoms with Gasteiger partial charge in [-0.05, 0) is 69.1 Å². The lowest BCUT2D eigenvalue weighted by molar-refractivity contribution is -0.0145. The lowest BCUT2D eigenvalue weighted by Gasteiger charge is -2.48. The summed E-state index contributed by atoms with van der Waals surface area (Å²) in [6, 6.07) is 4.16. The summed E-state index contributed by atoms with van der Waals surface area (Å²) < 4.78 is 6.37. The van der Waals surface area contributed by atoms with Crippen molar-refractivity contribution in [2.75, 3.05) is 0 Å². The summed E-state index contributed by atoms with van der Waals surface area (Å²) in [5.41, 5.74) is 2.15. The minimum absolute atomic E-state index is 0.131. The minimum Gasteiger partial charge on any atom is -0.508 e. The molecule has 0 bridgehead atoms. The monoisotopic (exact) mass is 302 g/mol. The van der Waals surface area contributed by atoms with Crippen LogP contribution in [0.1, 0.15) is 76.8 Å². The van der Waals surface area contributed by atoms with Crippen molar-refractivity contribution in [2.45, 2.75) is 77.7 Å². The molecule has 0 radical (unpaired) electrons. The molecular formula is C20H30O2. The van der Waals surface area contributed by atoms with Crippen molar-refractivity contribution in [3.8, 4) is 11.5 Å². The Morgan fingerprint density at radius 1 is 1.27 bits per heavy atom. The highest BCUT2D eigenvalue weighted by Gasteiger charge is 2.46. The number of phenolic OH excluding ortho intramolecular Hbond substituents is 1. The molecule has 0 unspecified atom stereocenters. The number of aryl methyl sites for hydroxylation is 1. The first-order valence-corrected chi connectivity index (χ1v) is 8.97. The van der Waals surface area contributed by atoms with Crippen molar-refractivity contribution >= 4 is 0 Å². The highest BCUT2D eigenvalue weighted by molar-refractivity contribution is 5.52. The van der Waals surface area contributed by atoms with Gasteiger partial charge in [0.05, 0.1) is 0 Å². The molecule has 0 amide bonds. The summed E-state index contributed by atoms with van der Waals surface area (Å²) in [4.78, 5) is 0. The van der Waals surface area contributed by atoms with E-state index in [1.54, 1.807) is 0 Å². The van der Waals surface area contributed by atoms with Crippen LogP contribution >= 0.6 is 0 Å². The van der Waals surface area contributed by atoms with Gasteiger partial charge in [0.15, 0.2) is 0 Å². The number of phenols is 1. The fourth-order valence-electron chi connectivity index (χ4n) is 4.54. The Labute approximate surface area is 134 Å². The molecule has 3 rings (SSSR count). The lowest BCUT2D eigenvalue weighted by atomic mass is 9.64. The topological polar surface area (TPSA) is 29.5 Å². The molecule has 0 saturated heterocycles. The predicted octanol–water partition coefficient (Wildman–Crippen LogP) is 5.43. The van der Waals surface area contributed by atoms with E-state index in [-0.39, 0.29) is 5.60 Å². The second kappa shape index (κ2) is 5.79. The van der Waals surface area contributed by atoms with E-state index < -0.39 is 0 Å². The van der Waals surface area contributed by atoms with Crippen molar-refractivity contribution in [2.24, 2.45) is 11.8 Å². The normalized spacial score (nSPS) is 29.4. The first-order valence-electron chi connectivity index (χ1n) is 8.97. The average molecular weight is 302 g/mol. The number of benzene rings is 1. The predicted molar refractivity (Wildman–Crippen MR) is 90.7 cm³/mol. The van der Waals surface area contributed by atoms with Crippen LogP contribution in [0.5, 0.6) is 11.5 Å². The fourth-order valence-corrected chi connectivity index (χ4v) is 4.54. The van der Waals surface area contributed by atoms with Crippen LogP contribution in [0.4, 0.5) is 0 Å². The van der Waals surface area contributed by atoms with E-state index in [1.807, 2.05) is 6.07 Å². The van der Waals surface area contributed by atoms with Gasteiger partial charge in [0.1, 0.15) is 17.1 Å². The molecule has 3 atom stereocenters. The van der Waals surface area contributed by atoms with Crippen LogP contribution in [0.3, 0.4) is 0 Å². The third kappa shape index (κ3) is 2.73. The van der Waals surface area contributed by atoms with E-state index in [4.69, 9.17) is 4.74 Å². The third-order valence-corrected chi connectivity index (χ3v) is 5.75. The zero-order valence-corrected chi connectivity index (χ0v) is 14.5. The molecule has 1 N–H and O–H groups in total. The van der Waals surface area contributed by atoms with Gasteiger partial charge in [0.25, 0.3) is 0 Å². The molecular weight excluding hydrogens is 272 g/mol. The Bertz CT molecular complexity index is 547. The van der Waals surface area contributed by atoms with E-state index in [2.05, 4.69) is 33.8 Å². The molecule has 1 aliphatic carbocycles. The Kier molecular flexibility index (Phi) is 4.13. The molecule has 2 heteroatoms. The first-order chi connectivity index (χ1) is 10.4. The molecule has 22 heavy (non-hydrogen) atoms. The van der Waals surface area contributed by atoms with Crippen LogP contribution in [-0.4, -0.2) is 10.7 Å². The number of ether oxygens (including phenoxy) is 1. The van der Waals surface area contributed by atoms with Gasteiger partial charge in [0.2, 0.25) is 0 Å². The third-order valence-electron chi connectivity index (χ3n) is 5.75. The molecule has 2 nitrogen and oxygen atoms in total. The highest BCUT2D eigenvalue weighted by Crippen LogP contribution is 2.55. The summed E-state index contributed by atoms with van der Waals surface area (Å²) in [5.74, 6) is 3.10. The zero-order valence-electron chi connectivity index (χ0n) is 14.5. The summed E-state index contributed by atoms with van der Waals surface area (Å²) in [7, 11) is 0. The van der Waals surface area contributed by atoms with Crippen molar-refractivity contribution in [1.82, 2.24) is 0 Å². The smallest absolute Gasteiger partial charge is 0.127 e. The number of rotatable bonds is 3. The van der Waals surface area contributed by atoms with Crippen LogP contribution in [0.2, 0.25) is 0 Å². The summed E-state index contributed by atoms with van der Waals surface area (Å²) in [6.45, 7) is 8.98. The maximum atomic E-state index is 10.7. The van der Waals surface area contributed by atoms with Crippen molar-refractivity contribution < 1.29 is 9.84 Å². The first kappa shape index (κ1) is 15.7. The Balaban J connectivity index is 2.01. The number of hydrogen-bond donors (Lipinski definition) is 1. The summed E-state index contributed by atoms with van der Waals surface area (Å²) in [6.07, 6.45) is 7.00. The fraction of sp³-hybridized carbons (Fsp3) is 0.700. The van der Waals surface area contributed by atoms with Crippen LogP contribution in [-0.2, 0) is 6.42 Å². The van der Waals surface area contributed by atoms with E-state index >= 15 is 0 Å². The SMILES string of the molecule is CCCCc1cc(O)c2c(c1)OC(C)(C)[C@@H]1CC[C@H](C)C[C@@H]21. The standard InChI is InChI=1S/C20H30O2/c1-5-6-7-14-11-17(21)19-15-10-13(2)8-9-16(15)20(3,4)22-18(19)12-14/h11-13,15-16,21H,5-10H2,1-4H3/t13-,15+,16+/m0/s1. The minimum atomic E-state index is -0.131. The average Bonchev–Trinajstić information content (AvgIpc) is 2.43. The lowest BCUT2D eigenvalue weighted by Crippen LogP contribution is -2.46. The second-order valence-electron chi connectivity index (χ2n) is 7.97. The molecule has 1 heterocycles. The highest BCUT2D eigenvalue weighted by atomic mass is 16.5. The van der Waals surface area contributed by atoms with E-state index in [9.17, 15) is 5.11 Å². The van der Waals surface area contributed by atoms with E-state index in [1.165, 1.54) is 31.2 Å². The number of hydrogen-bond acceptors (Lipinski definition) is 2. The molecule has 1 aromatic carbocycles. The van der Waals surface area contributed by atoms with E-state index in [0.29, 0.717) is 17.6 Å². The van der Waals surface area contributed by atoms with Crippen molar-refractivity contribution in [1.29, 1.82) is 0 Å². The molecule has 0 aromatic heterocycles. The molecule has 1 aromatic rings. The van der Waals surface area contributed by atoms with Gasteiger partial charge >= 0.3 is 0 Å². The Morgan fingerprint density at radius 3 is 2.77 bits per heavy atom. The Hall–Kier alpha value is -1.18. The van der Waals surface area contributed by atoms with Gasteiger partial charge in [-0.25, -0.2) is 0 Å². The van der Waals surface area contributed by atoms with Gasteiger partial charge in [-0.1, -0.05) is 26.7 Å². The maximum Gasteiger partial charge on any atom is 0.127 e.